The first-order chi connectivity index (χ1) is 15.6. The van der Waals surface area contributed by atoms with E-state index in [4.69, 9.17) is 4.74 Å². The van der Waals surface area contributed by atoms with Gasteiger partial charge in [-0.05, 0) is 74.8 Å². The van der Waals surface area contributed by atoms with Crippen LogP contribution in [0.25, 0.3) is 0 Å². The number of allylic oxidation sites excluding steroid dienone is 3. The summed E-state index contributed by atoms with van der Waals surface area (Å²) in [6, 6.07) is 14.8. The molecule has 1 atom stereocenters. The summed E-state index contributed by atoms with van der Waals surface area (Å²) in [6.45, 7) is 14.6. The fourth-order valence-corrected chi connectivity index (χ4v) is 3.65. The Hall–Kier alpha value is -2.94. The van der Waals surface area contributed by atoms with Crippen LogP contribution in [0.3, 0.4) is 0 Å². The zero-order valence-electron chi connectivity index (χ0n) is 21.1. The zero-order chi connectivity index (χ0) is 24.5. The van der Waals surface area contributed by atoms with E-state index < -0.39 is 12.1 Å². The van der Waals surface area contributed by atoms with Gasteiger partial charge in [-0.25, -0.2) is 4.79 Å². The standard InChI is InChI=1S/C30H38O3/c1-20(2)12-11-13-23(7)18-28(33-30(32)24-14-9-8-10-15-24)29(31)26-17-16-25(21(3)4)19-27(26)22(5)6/h8-10,12,14-19,21-22,28H,11,13H2,1-7H3/b23-18+. The minimum Gasteiger partial charge on any atom is -0.446 e. The molecular formula is C30H38O3. The Kier molecular flexibility index (Phi) is 9.84. The van der Waals surface area contributed by atoms with Crippen LogP contribution in [0, 0.1) is 0 Å². The molecule has 0 bridgehead atoms. The van der Waals surface area contributed by atoms with Gasteiger partial charge in [0.15, 0.2) is 6.10 Å². The van der Waals surface area contributed by atoms with E-state index in [9.17, 15) is 9.59 Å². The number of carbonyl (C=O) groups is 2. The average molecular weight is 447 g/mol. The SMILES string of the molecule is CC(C)=CCC/C(C)=C/C(OC(=O)c1ccccc1)C(=O)c1ccc(C(C)C)cc1C(C)C. The van der Waals surface area contributed by atoms with E-state index in [2.05, 4.69) is 53.7 Å². The lowest BCUT2D eigenvalue weighted by molar-refractivity contribution is 0.0364. The van der Waals surface area contributed by atoms with E-state index in [1.807, 2.05) is 31.2 Å². The van der Waals surface area contributed by atoms with Crippen molar-refractivity contribution in [3.63, 3.8) is 0 Å². The van der Waals surface area contributed by atoms with Gasteiger partial charge in [0, 0.05) is 5.56 Å². The molecule has 0 spiro atoms. The van der Waals surface area contributed by atoms with Crippen molar-refractivity contribution in [2.75, 3.05) is 0 Å². The van der Waals surface area contributed by atoms with Crippen LogP contribution in [0.1, 0.15) is 105 Å². The van der Waals surface area contributed by atoms with Crippen molar-refractivity contribution in [3.05, 3.63) is 94.1 Å². The third kappa shape index (κ3) is 7.85. The molecule has 176 valence electrons. The quantitative estimate of drug-likeness (QED) is 0.211. The Labute approximate surface area is 199 Å². The minimum atomic E-state index is -0.966. The Bertz CT molecular complexity index is 1010. The van der Waals surface area contributed by atoms with Crippen molar-refractivity contribution >= 4 is 11.8 Å². The van der Waals surface area contributed by atoms with Crippen LogP contribution in [0.15, 0.2) is 71.8 Å². The number of hydrogen-bond donors (Lipinski definition) is 0. The van der Waals surface area contributed by atoms with Crippen molar-refractivity contribution in [2.45, 2.75) is 79.2 Å². The summed E-state index contributed by atoms with van der Waals surface area (Å²) in [5.74, 6) is -0.126. The third-order valence-corrected chi connectivity index (χ3v) is 5.66. The molecule has 0 aliphatic rings. The van der Waals surface area contributed by atoms with Crippen molar-refractivity contribution in [3.8, 4) is 0 Å². The molecule has 0 heterocycles. The Balaban J connectivity index is 2.42. The van der Waals surface area contributed by atoms with Crippen LogP contribution >= 0.6 is 0 Å². The van der Waals surface area contributed by atoms with Crippen LogP contribution in [0.2, 0.25) is 0 Å². The summed E-state index contributed by atoms with van der Waals surface area (Å²) in [6.07, 6.45) is 4.71. The molecule has 2 aromatic rings. The highest BCUT2D eigenvalue weighted by molar-refractivity contribution is 6.04. The van der Waals surface area contributed by atoms with Crippen molar-refractivity contribution < 1.29 is 14.3 Å². The van der Waals surface area contributed by atoms with Crippen LogP contribution in [-0.2, 0) is 4.74 Å². The molecule has 1 unspecified atom stereocenters. The lowest BCUT2D eigenvalue weighted by atomic mass is 9.88. The fraction of sp³-hybridized carbons (Fsp3) is 0.400. The molecule has 0 saturated heterocycles. The van der Waals surface area contributed by atoms with Gasteiger partial charge in [-0.1, -0.05) is 81.3 Å². The highest BCUT2D eigenvalue weighted by Gasteiger charge is 2.26. The van der Waals surface area contributed by atoms with Crippen LogP contribution in [0.5, 0.6) is 0 Å². The number of carbonyl (C=O) groups excluding carboxylic acids is 2. The second-order valence-corrected chi connectivity index (χ2v) is 9.55. The van der Waals surface area contributed by atoms with E-state index in [1.165, 1.54) is 11.1 Å². The Morgan fingerprint density at radius 2 is 1.58 bits per heavy atom. The zero-order valence-corrected chi connectivity index (χ0v) is 21.1. The normalized spacial score (nSPS) is 12.6. The molecule has 0 radical (unpaired) electrons. The molecule has 2 rings (SSSR count). The first-order valence-corrected chi connectivity index (χ1v) is 11.8. The summed E-state index contributed by atoms with van der Waals surface area (Å²) in [5.41, 5.74) is 5.53. The van der Waals surface area contributed by atoms with Crippen molar-refractivity contribution in [2.24, 2.45) is 0 Å². The summed E-state index contributed by atoms with van der Waals surface area (Å²) in [5, 5.41) is 0. The number of rotatable bonds is 10. The molecular weight excluding hydrogens is 408 g/mol. The third-order valence-electron chi connectivity index (χ3n) is 5.66. The van der Waals surface area contributed by atoms with Gasteiger partial charge >= 0.3 is 5.97 Å². The number of esters is 1. The average Bonchev–Trinajstić information content (AvgIpc) is 2.77. The van der Waals surface area contributed by atoms with Crippen LogP contribution in [-0.4, -0.2) is 17.9 Å². The second kappa shape index (κ2) is 12.3. The van der Waals surface area contributed by atoms with Gasteiger partial charge in [-0.3, -0.25) is 4.79 Å². The molecule has 0 aromatic heterocycles. The maximum atomic E-state index is 13.7. The van der Waals surface area contributed by atoms with E-state index >= 15 is 0 Å². The Morgan fingerprint density at radius 1 is 0.909 bits per heavy atom. The Morgan fingerprint density at radius 3 is 2.15 bits per heavy atom. The summed E-state index contributed by atoms with van der Waals surface area (Å²) < 4.78 is 5.78. The van der Waals surface area contributed by atoms with Crippen LogP contribution in [0.4, 0.5) is 0 Å². The number of Topliss-reactive ketones (excluding diaryl/α,β-unsaturated/α-hetero) is 1. The van der Waals surface area contributed by atoms with E-state index in [1.54, 1.807) is 24.3 Å². The molecule has 3 nitrogen and oxygen atoms in total. The predicted octanol–water partition coefficient (Wildman–Crippen LogP) is 8.03. The number of benzene rings is 2. The van der Waals surface area contributed by atoms with Gasteiger partial charge in [-0.15, -0.1) is 0 Å². The number of ether oxygens (including phenoxy) is 1. The summed E-state index contributed by atoms with van der Waals surface area (Å²) in [4.78, 5) is 26.5. The van der Waals surface area contributed by atoms with E-state index in [-0.39, 0.29) is 11.7 Å². The molecule has 3 heteroatoms. The van der Waals surface area contributed by atoms with E-state index in [0.717, 1.165) is 24.0 Å². The molecule has 0 fully saturated rings. The molecule has 0 aliphatic carbocycles. The first-order valence-electron chi connectivity index (χ1n) is 11.8. The molecule has 0 aliphatic heterocycles. The highest BCUT2D eigenvalue weighted by Crippen LogP contribution is 2.27. The molecule has 0 amide bonds. The monoisotopic (exact) mass is 446 g/mol. The molecule has 33 heavy (non-hydrogen) atoms. The predicted molar refractivity (Wildman–Crippen MR) is 137 cm³/mol. The second-order valence-electron chi connectivity index (χ2n) is 9.55. The number of ketones is 1. The van der Waals surface area contributed by atoms with Gasteiger partial charge in [-0.2, -0.15) is 0 Å². The smallest absolute Gasteiger partial charge is 0.339 e. The van der Waals surface area contributed by atoms with Gasteiger partial charge in [0.1, 0.15) is 0 Å². The van der Waals surface area contributed by atoms with Gasteiger partial charge in [0.05, 0.1) is 5.56 Å². The van der Waals surface area contributed by atoms with Crippen molar-refractivity contribution in [1.82, 2.24) is 0 Å². The largest absolute Gasteiger partial charge is 0.446 e. The van der Waals surface area contributed by atoms with Crippen molar-refractivity contribution in [1.29, 1.82) is 0 Å². The topological polar surface area (TPSA) is 43.4 Å². The summed E-state index contributed by atoms with van der Waals surface area (Å²) >= 11 is 0. The van der Waals surface area contributed by atoms with E-state index in [0.29, 0.717) is 17.0 Å². The first kappa shape index (κ1) is 26.3. The lowest BCUT2D eigenvalue weighted by Crippen LogP contribution is -2.27. The molecule has 0 saturated carbocycles. The van der Waals surface area contributed by atoms with Gasteiger partial charge < -0.3 is 4.74 Å². The highest BCUT2D eigenvalue weighted by atomic mass is 16.5. The van der Waals surface area contributed by atoms with Gasteiger partial charge in [0.2, 0.25) is 5.78 Å². The number of hydrogen-bond acceptors (Lipinski definition) is 3. The van der Waals surface area contributed by atoms with Gasteiger partial charge in [0.25, 0.3) is 0 Å². The molecule has 0 N–H and O–H groups in total. The fourth-order valence-electron chi connectivity index (χ4n) is 3.65. The molecule has 2 aromatic carbocycles. The lowest BCUT2D eigenvalue weighted by Gasteiger charge is -2.20. The van der Waals surface area contributed by atoms with Crippen LogP contribution < -0.4 is 0 Å². The maximum Gasteiger partial charge on any atom is 0.339 e. The maximum absolute atomic E-state index is 13.7. The summed E-state index contributed by atoms with van der Waals surface area (Å²) in [7, 11) is 0. The minimum absolute atomic E-state index is 0.177.